The van der Waals surface area contributed by atoms with E-state index in [0.29, 0.717) is 26.0 Å². The van der Waals surface area contributed by atoms with Gasteiger partial charge in [0.2, 0.25) is 5.66 Å². The van der Waals surface area contributed by atoms with Crippen LogP contribution < -0.4 is 5.32 Å². The molecule has 4 atom stereocenters. The first-order valence-corrected chi connectivity index (χ1v) is 10.2. The number of hydrogen-bond acceptors (Lipinski definition) is 4. The molecule has 3 N–H and O–H groups in total. The first kappa shape index (κ1) is 19.6. The fourth-order valence-corrected chi connectivity index (χ4v) is 4.14. The molecule has 2 aromatic carbocycles. The second-order valence-electron chi connectivity index (χ2n) is 6.74. The number of hydrogen-bond donors (Lipinski definition) is 3. The zero-order valence-electron chi connectivity index (χ0n) is 14.8. The molecule has 0 spiro atoms. The van der Waals surface area contributed by atoms with Gasteiger partial charge in [0.05, 0.1) is 12.2 Å². The second kappa shape index (κ2) is 9.20. The minimum atomic E-state index is -2.35. The number of ether oxygens (including phenoxy) is 1. The summed E-state index contributed by atoms with van der Waals surface area (Å²) < 4.78 is 17.8. The summed E-state index contributed by atoms with van der Waals surface area (Å²) in [6, 6.07) is 16.5. The van der Waals surface area contributed by atoms with Crippen LogP contribution >= 0.6 is 8.03 Å². The van der Waals surface area contributed by atoms with Crippen molar-refractivity contribution in [1.29, 1.82) is 0 Å². The lowest BCUT2D eigenvalue weighted by Crippen LogP contribution is -2.51. The highest BCUT2D eigenvalue weighted by Gasteiger charge is 2.40. The average Bonchev–Trinajstić information content (AvgIpc) is 2.68. The third-order valence-corrected chi connectivity index (χ3v) is 5.89. The summed E-state index contributed by atoms with van der Waals surface area (Å²) in [5, 5.41) is 12.3. The van der Waals surface area contributed by atoms with Gasteiger partial charge in [0.15, 0.2) is 0 Å². The molecule has 0 amide bonds. The SMILES string of the molecule is O=C(O)c1ccc(C[C@@H]2CO[C@H](C(Cc3ccccc3)[P+](=O)O)CN2)cc1. The zero-order valence-corrected chi connectivity index (χ0v) is 15.7. The van der Waals surface area contributed by atoms with E-state index in [9.17, 15) is 14.3 Å². The summed E-state index contributed by atoms with van der Waals surface area (Å²) in [4.78, 5) is 20.7. The molecule has 1 heterocycles. The van der Waals surface area contributed by atoms with Crippen molar-refractivity contribution in [2.24, 2.45) is 0 Å². The standard InChI is InChI=1S/C20H22NO5P/c22-20(23)16-8-6-15(7-9-16)10-17-13-26-18(12-21-17)19(27(24)25)11-14-4-2-1-3-5-14/h1-9,17-19,21H,10-13H2,(H-,22,23,24,25)/p+1/t17-,18+,19?/m1/s1. The molecule has 27 heavy (non-hydrogen) atoms. The Morgan fingerprint density at radius 3 is 2.41 bits per heavy atom. The van der Waals surface area contributed by atoms with E-state index in [4.69, 9.17) is 9.84 Å². The van der Waals surface area contributed by atoms with Gasteiger partial charge in [-0.05, 0) is 34.2 Å². The van der Waals surface area contributed by atoms with Crippen LogP contribution in [0.1, 0.15) is 21.5 Å². The Morgan fingerprint density at radius 2 is 1.85 bits per heavy atom. The molecule has 0 aliphatic carbocycles. The minimum absolute atomic E-state index is 0.0888. The van der Waals surface area contributed by atoms with E-state index >= 15 is 0 Å². The van der Waals surface area contributed by atoms with E-state index in [0.717, 1.165) is 11.1 Å². The molecule has 1 saturated heterocycles. The number of carboxylic acid groups (broad SMARTS) is 1. The van der Waals surface area contributed by atoms with Gasteiger partial charge in [0.1, 0.15) is 6.10 Å². The van der Waals surface area contributed by atoms with Crippen molar-refractivity contribution in [3.63, 3.8) is 0 Å². The Hall–Kier alpha value is -2.11. The van der Waals surface area contributed by atoms with E-state index in [1.807, 2.05) is 30.3 Å². The third kappa shape index (κ3) is 5.44. The third-order valence-electron chi connectivity index (χ3n) is 4.80. The zero-order chi connectivity index (χ0) is 19.2. The van der Waals surface area contributed by atoms with E-state index in [2.05, 4.69) is 5.32 Å². The summed E-state index contributed by atoms with van der Waals surface area (Å²) in [5.74, 6) is -0.939. The quantitative estimate of drug-likeness (QED) is 0.631. The van der Waals surface area contributed by atoms with Gasteiger partial charge in [0.25, 0.3) is 0 Å². The summed E-state index contributed by atoms with van der Waals surface area (Å²) in [7, 11) is -2.35. The molecular weight excluding hydrogens is 365 g/mol. The van der Waals surface area contributed by atoms with Crippen molar-refractivity contribution in [2.75, 3.05) is 13.2 Å². The number of nitrogens with one attached hydrogen (secondary N) is 1. The second-order valence-corrected chi connectivity index (χ2v) is 8.01. The molecule has 1 fully saturated rings. The monoisotopic (exact) mass is 388 g/mol. The predicted octanol–water partition coefficient (Wildman–Crippen LogP) is 2.63. The summed E-state index contributed by atoms with van der Waals surface area (Å²) in [6.07, 6.45) is 0.894. The van der Waals surface area contributed by atoms with Crippen molar-refractivity contribution in [3.8, 4) is 0 Å². The molecule has 0 radical (unpaired) electrons. The lowest BCUT2D eigenvalue weighted by molar-refractivity contribution is 0.00137. The number of morpholine rings is 1. The lowest BCUT2D eigenvalue weighted by Gasteiger charge is -2.31. The Kier molecular flexibility index (Phi) is 6.69. The predicted molar refractivity (Wildman–Crippen MR) is 102 cm³/mol. The Bertz CT molecular complexity index is 773. The van der Waals surface area contributed by atoms with Crippen LogP contribution in [0.25, 0.3) is 0 Å². The molecule has 2 unspecified atom stereocenters. The van der Waals surface area contributed by atoms with Gasteiger partial charge in [-0.15, -0.1) is 0 Å². The van der Waals surface area contributed by atoms with E-state index in [1.165, 1.54) is 0 Å². The van der Waals surface area contributed by atoms with Crippen LogP contribution in [0.15, 0.2) is 54.6 Å². The van der Waals surface area contributed by atoms with Gasteiger partial charge in [0, 0.05) is 19.0 Å². The molecule has 1 aliphatic rings. The molecule has 6 nitrogen and oxygen atoms in total. The van der Waals surface area contributed by atoms with Crippen LogP contribution in [0.2, 0.25) is 0 Å². The maximum atomic E-state index is 11.9. The molecule has 0 aromatic heterocycles. The number of rotatable bonds is 7. The van der Waals surface area contributed by atoms with Crippen molar-refractivity contribution < 1.29 is 24.1 Å². The summed E-state index contributed by atoms with van der Waals surface area (Å²) >= 11 is 0. The minimum Gasteiger partial charge on any atom is -0.478 e. The molecule has 3 rings (SSSR count). The van der Waals surface area contributed by atoms with Crippen molar-refractivity contribution in [3.05, 3.63) is 71.3 Å². The molecule has 2 aromatic rings. The van der Waals surface area contributed by atoms with Crippen LogP contribution in [-0.2, 0) is 22.1 Å². The van der Waals surface area contributed by atoms with Crippen LogP contribution in [0.4, 0.5) is 0 Å². The molecule has 7 heteroatoms. The molecule has 0 saturated carbocycles. The van der Waals surface area contributed by atoms with Crippen LogP contribution in [0.5, 0.6) is 0 Å². The average molecular weight is 388 g/mol. The Morgan fingerprint density at radius 1 is 1.15 bits per heavy atom. The van der Waals surface area contributed by atoms with Crippen molar-refractivity contribution in [1.82, 2.24) is 5.32 Å². The number of carbonyl (C=O) groups is 1. The highest BCUT2D eigenvalue weighted by Crippen LogP contribution is 2.31. The Balaban J connectivity index is 1.55. The van der Waals surface area contributed by atoms with Crippen LogP contribution in [0.3, 0.4) is 0 Å². The molecule has 142 valence electrons. The first-order valence-electron chi connectivity index (χ1n) is 8.89. The largest absolute Gasteiger partial charge is 0.511 e. The molecule has 0 bridgehead atoms. The van der Waals surface area contributed by atoms with E-state index < -0.39 is 19.7 Å². The summed E-state index contributed by atoms with van der Waals surface area (Å²) in [5.41, 5.74) is 1.85. The van der Waals surface area contributed by atoms with E-state index in [-0.39, 0.29) is 17.7 Å². The van der Waals surface area contributed by atoms with Gasteiger partial charge >= 0.3 is 14.0 Å². The smallest absolute Gasteiger partial charge is 0.478 e. The van der Waals surface area contributed by atoms with Crippen LogP contribution in [-0.4, -0.2) is 46.9 Å². The number of aromatic carboxylic acids is 1. The van der Waals surface area contributed by atoms with Gasteiger partial charge in [-0.2, -0.15) is 4.89 Å². The normalized spacial score (nSPS) is 21.4. The maximum Gasteiger partial charge on any atom is 0.511 e. The van der Waals surface area contributed by atoms with Crippen molar-refractivity contribution >= 4 is 14.0 Å². The van der Waals surface area contributed by atoms with Gasteiger partial charge in [-0.1, -0.05) is 42.5 Å². The highest BCUT2D eigenvalue weighted by atomic mass is 31.1. The molecular formula is C20H23NO5P+. The maximum absolute atomic E-state index is 11.9. The van der Waals surface area contributed by atoms with Gasteiger partial charge in [-0.25, -0.2) is 4.79 Å². The van der Waals surface area contributed by atoms with E-state index in [1.54, 1.807) is 24.3 Å². The van der Waals surface area contributed by atoms with Gasteiger partial charge in [-0.3, -0.25) is 0 Å². The highest BCUT2D eigenvalue weighted by molar-refractivity contribution is 7.39. The Labute approximate surface area is 159 Å². The number of carboxylic acids is 1. The fourth-order valence-electron chi connectivity index (χ4n) is 3.29. The lowest BCUT2D eigenvalue weighted by atomic mass is 10.0. The first-order chi connectivity index (χ1) is 13.0. The fraction of sp³-hybridized carbons (Fsp3) is 0.350. The topological polar surface area (TPSA) is 95.9 Å². The van der Waals surface area contributed by atoms with Crippen LogP contribution in [0, 0.1) is 0 Å². The van der Waals surface area contributed by atoms with Gasteiger partial charge < -0.3 is 15.2 Å². The molecule has 1 aliphatic heterocycles. The number of benzene rings is 2. The summed E-state index contributed by atoms with van der Waals surface area (Å²) in [6.45, 7) is 0.955. The van der Waals surface area contributed by atoms with Crippen molar-refractivity contribution in [2.45, 2.75) is 30.6 Å².